The number of anilines is 2. The summed E-state index contributed by atoms with van der Waals surface area (Å²) in [7, 11) is 0. The van der Waals surface area contributed by atoms with Crippen LogP contribution in [0.2, 0.25) is 0 Å². The predicted molar refractivity (Wildman–Crippen MR) is 115 cm³/mol. The van der Waals surface area contributed by atoms with Crippen molar-refractivity contribution in [2.24, 2.45) is 0 Å². The van der Waals surface area contributed by atoms with Crippen molar-refractivity contribution >= 4 is 28.3 Å². The molecule has 0 aliphatic heterocycles. The van der Waals surface area contributed by atoms with E-state index in [1.807, 2.05) is 37.4 Å². The summed E-state index contributed by atoms with van der Waals surface area (Å²) in [6, 6.07) is 7.91. The minimum absolute atomic E-state index is 0.0366. The highest BCUT2D eigenvalue weighted by atomic mass is 16.2. The maximum absolute atomic E-state index is 12.9. The number of nitrogens with zero attached hydrogens (tertiary/aromatic N) is 2. The molecule has 154 valence electrons. The average Bonchev–Trinajstić information content (AvgIpc) is 3.12. The Morgan fingerprint density at radius 3 is 2.69 bits per heavy atom. The third-order valence-corrected chi connectivity index (χ3v) is 5.12. The molecule has 0 atom stereocenters. The van der Waals surface area contributed by atoms with Gasteiger partial charge in [-0.2, -0.15) is 0 Å². The molecule has 4 N–H and O–H groups in total. The second-order valence-corrected chi connectivity index (χ2v) is 7.00. The third kappa shape index (κ3) is 4.11. The number of nitrogen functional groups attached to an aromatic ring is 1. The smallest absolute Gasteiger partial charge is 0.330 e. The maximum Gasteiger partial charge on any atom is 0.330 e. The number of aryl methyl sites for hydroxylation is 1. The Hall–Kier alpha value is -3.29. The van der Waals surface area contributed by atoms with Crippen LogP contribution in [-0.4, -0.2) is 27.0 Å². The average molecular weight is 397 g/mol. The van der Waals surface area contributed by atoms with Gasteiger partial charge in [-0.3, -0.25) is 19.1 Å². The molecule has 0 unspecified atom stereocenters. The number of carbonyl (C=O) groups excluding carboxylic acids is 1. The molecule has 8 heteroatoms. The molecule has 1 aromatic carbocycles. The first-order chi connectivity index (χ1) is 14.0. The number of aromatic amines is 2. The molecule has 3 aromatic rings. The fourth-order valence-corrected chi connectivity index (χ4v) is 3.55. The van der Waals surface area contributed by atoms with E-state index in [1.165, 1.54) is 9.47 Å². The molecule has 0 fully saturated rings. The zero-order valence-corrected chi connectivity index (χ0v) is 16.8. The number of rotatable bonds is 8. The Morgan fingerprint density at radius 2 is 1.97 bits per heavy atom. The minimum Gasteiger partial charge on any atom is -0.383 e. The fraction of sp³-hybridized carbons (Fsp3) is 0.381. The molecule has 3 rings (SSSR count). The quantitative estimate of drug-likeness (QED) is 0.541. The van der Waals surface area contributed by atoms with Crippen molar-refractivity contribution in [3.8, 4) is 0 Å². The number of para-hydroxylation sites is 1. The molecule has 8 nitrogen and oxygen atoms in total. The lowest BCUT2D eigenvalue weighted by molar-refractivity contribution is -0.118. The van der Waals surface area contributed by atoms with Gasteiger partial charge in [-0.15, -0.1) is 0 Å². The van der Waals surface area contributed by atoms with E-state index in [1.54, 1.807) is 6.92 Å². The number of unbranched alkanes of at least 4 members (excludes halogenated alkanes) is 1. The van der Waals surface area contributed by atoms with E-state index in [0.29, 0.717) is 13.0 Å². The van der Waals surface area contributed by atoms with E-state index in [2.05, 4.69) is 9.97 Å². The predicted octanol–water partition coefficient (Wildman–Crippen LogP) is 2.39. The number of fused-ring (bicyclic) bond motifs is 1. The van der Waals surface area contributed by atoms with Gasteiger partial charge in [0.25, 0.3) is 5.56 Å². The van der Waals surface area contributed by atoms with Crippen LogP contribution in [0.5, 0.6) is 0 Å². The van der Waals surface area contributed by atoms with Crippen molar-refractivity contribution in [1.29, 1.82) is 0 Å². The molecule has 0 aliphatic rings. The van der Waals surface area contributed by atoms with Gasteiger partial charge in [0.05, 0.1) is 0 Å². The van der Waals surface area contributed by atoms with Crippen LogP contribution in [0.3, 0.4) is 0 Å². The van der Waals surface area contributed by atoms with Crippen molar-refractivity contribution in [3.05, 3.63) is 56.9 Å². The Morgan fingerprint density at radius 1 is 1.21 bits per heavy atom. The van der Waals surface area contributed by atoms with Crippen LogP contribution in [-0.2, 0) is 17.8 Å². The number of hydrogen-bond donors (Lipinski definition) is 3. The van der Waals surface area contributed by atoms with Crippen LogP contribution in [0, 0.1) is 0 Å². The molecule has 29 heavy (non-hydrogen) atoms. The van der Waals surface area contributed by atoms with E-state index in [-0.39, 0.29) is 30.4 Å². The van der Waals surface area contributed by atoms with Gasteiger partial charge in [0.2, 0.25) is 5.91 Å². The maximum atomic E-state index is 12.9. The molecule has 0 bridgehead atoms. The molecule has 0 spiro atoms. The molecule has 2 heterocycles. The van der Waals surface area contributed by atoms with E-state index < -0.39 is 11.2 Å². The fourth-order valence-electron chi connectivity index (χ4n) is 3.55. The van der Waals surface area contributed by atoms with Gasteiger partial charge in [-0.1, -0.05) is 31.5 Å². The Kier molecular flexibility index (Phi) is 6.21. The number of nitrogens with two attached hydrogens (primary N) is 1. The number of hydrogen-bond acceptors (Lipinski definition) is 4. The third-order valence-electron chi connectivity index (χ3n) is 5.12. The standard InChI is InChI=1S/C21H27N5O3/c1-3-5-12-26-19(22)18(20(28)24-21(26)29)25(4-2)17(27)11-10-14-13-23-16-9-7-6-8-15(14)16/h6-9,13,23H,3-5,10-12,22H2,1-2H3,(H,24,28,29). The summed E-state index contributed by atoms with van der Waals surface area (Å²) in [4.78, 5) is 44.4. The molecule has 0 aliphatic carbocycles. The lowest BCUT2D eigenvalue weighted by Crippen LogP contribution is -2.41. The molecule has 0 saturated carbocycles. The highest BCUT2D eigenvalue weighted by Crippen LogP contribution is 2.21. The van der Waals surface area contributed by atoms with E-state index >= 15 is 0 Å². The monoisotopic (exact) mass is 397 g/mol. The van der Waals surface area contributed by atoms with Gasteiger partial charge in [0, 0.05) is 36.6 Å². The molecule has 0 radical (unpaired) electrons. The van der Waals surface area contributed by atoms with Crippen molar-refractivity contribution in [2.45, 2.75) is 46.1 Å². The largest absolute Gasteiger partial charge is 0.383 e. The molecule has 0 saturated heterocycles. The van der Waals surface area contributed by atoms with Crippen molar-refractivity contribution in [1.82, 2.24) is 14.5 Å². The highest BCUT2D eigenvalue weighted by molar-refractivity contribution is 5.96. The number of aromatic nitrogens is 3. The summed E-state index contributed by atoms with van der Waals surface area (Å²) in [5.41, 5.74) is 7.07. The van der Waals surface area contributed by atoms with Crippen molar-refractivity contribution < 1.29 is 4.79 Å². The second kappa shape index (κ2) is 8.81. The molecule has 1 amide bonds. The summed E-state index contributed by atoms with van der Waals surface area (Å²) >= 11 is 0. The first-order valence-corrected chi connectivity index (χ1v) is 9.95. The van der Waals surface area contributed by atoms with Gasteiger partial charge in [-0.25, -0.2) is 4.79 Å². The first-order valence-electron chi connectivity index (χ1n) is 9.95. The number of H-pyrrole nitrogens is 2. The van der Waals surface area contributed by atoms with Crippen molar-refractivity contribution in [3.63, 3.8) is 0 Å². The van der Waals surface area contributed by atoms with Crippen LogP contribution in [0.4, 0.5) is 11.5 Å². The van der Waals surface area contributed by atoms with Crippen LogP contribution in [0.1, 0.15) is 38.7 Å². The van der Waals surface area contributed by atoms with Gasteiger partial charge >= 0.3 is 5.69 Å². The summed E-state index contributed by atoms with van der Waals surface area (Å²) < 4.78 is 1.33. The van der Waals surface area contributed by atoms with Crippen LogP contribution >= 0.6 is 0 Å². The first kappa shape index (κ1) is 20.4. The highest BCUT2D eigenvalue weighted by Gasteiger charge is 2.23. The van der Waals surface area contributed by atoms with Gasteiger partial charge in [-0.05, 0) is 31.4 Å². The van der Waals surface area contributed by atoms with Gasteiger partial charge in [0.1, 0.15) is 5.82 Å². The van der Waals surface area contributed by atoms with Crippen LogP contribution in [0.15, 0.2) is 40.1 Å². The van der Waals surface area contributed by atoms with Gasteiger partial charge < -0.3 is 15.6 Å². The second-order valence-electron chi connectivity index (χ2n) is 7.00. The number of nitrogens with one attached hydrogen (secondary N) is 2. The number of carbonyl (C=O) groups is 1. The van der Waals surface area contributed by atoms with Crippen molar-refractivity contribution in [2.75, 3.05) is 17.2 Å². The molecular weight excluding hydrogens is 370 g/mol. The summed E-state index contributed by atoms with van der Waals surface area (Å²) in [6.07, 6.45) is 4.28. The number of amides is 1. The normalized spacial score (nSPS) is 11.1. The van der Waals surface area contributed by atoms with Crippen LogP contribution in [0.25, 0.3) is 10.9 Å². The topological polar surface area (TPSA) is 117 Å². The van der Waals surface area contributed by atoms with E-state index in [0.717, 1.165) is 29.3 Å². The lowest BCUT2D eigenvalue weighted by Gasteiger charge is -2.23. The zero-order valence-electron chi connectivity index (χ0n) is 16.8. The SMILES string of the molecule is CCCCn1c(N)c(N(CC)C(=O)CCc2c[nH]c3ccccc23)c(=O)[nH]c1=O. The minimum atomic E-state index is -0.637. The van der Waals surface area contributed by atoms with Gasteiger partial charge in [0.15, 0.2) is 5.69 Å². The Bertz CT molecular complexity index is 1130. The van der Waals surface area contributed by atoms with E-state index in [4.69, 9.17) is 5.73 Å². The zero-order chi connectivity index (χ0) is 21.0. The Labute approximate surface area is 168 Å². The summed E-state index contributed by atoms with van der Waals surface area (Å²) in [5, 5.41) is 1.08. The molecule has 2 aromatic heterocycles. The van der Waals surface area contributed by atoms with E-state index in [9.17, 15) is 14.4 Å². The van der Waals surface area contributed by atoms with Crippen LogP contribution < -0.4 is 21.9 Å². The molecular formula is C21H27N5O3. The summed E-state index contributed by atoms with van der Waals surface area (Å²) in [6.45, 7) is 4.46. The lowest BCUT2D eigenvalue weighted by atomic mass is 10.1. The summed E-state index contributed by atoms with van der Waals surface area (Å²) in [5.74, 6) is -0.176. The Balaban J connectivity index is 1.86. The number of benzene rings is 1.